The summed E-state index contributed by atoms with van der Waals surface area (Å²) >= 11 is 0. The number of rotatable bonds is 4. The van der Waals surface area contributed by atoms with Crippen LogP contribution in [0.25, 0.3) is 11.6 Å². The predicted molar refractivity (Wildman–Crippen MR) is 83.9 cm³/mol. The third-order valence-corrected chi connectivity index (χ3v) is 3.04. The number of ether oxygens (including phenoxy) is 1. The highest BCUT2D eigenvalue weighted by atomic mass is 16.5. The molecule has 0 atom stereocenters. The van der Waals surface area contributed by atoms with Gasteiger partial charge in [-0.3, -0.25) is 0 Å². The van der Waals surface area contributed by atoms with Crippen molar-refractivity contribution in [2.24, 2.45) is 0 Å². The number of nitriles is 2. The van der Waals surface area contributed by atoms with E-state index in [1.54, 1.807) is 42.5 Å². The van der Waals surface area contributed by atoms with Gasteiger partial charge in [0.1, 0.15) is 0 Å². The van der Waals surface area contributed by atoms with Gasteiger partial charge in [0.15, 0.2) is 11.5 Å². The van der Waals surface area contributed by atoms with E-state index in [-0.39, 0.29) is 5.75 Å². The highest BCUT2D eigenvalue weighted by molar-refractivity contribution is 5.89. The maximum atomic E-state index is 9.69. The summed E-state index contributed by atoms with van der Waals surface area (Å²) in [5.74, 6) is 0.448. The summed E-state index contributed by atoms with van der Waals surface area (Å²) in [4.78, 5) is 0. The van der Waals surface area contributed by atoms with Crippen molar-refractivity contribution < 1.29 is 9.84 Å². The summed E-state index contributed by atoms with van der Waals surface area (Å²) in [6.07, 6.45) is 1.71. The highest BCUT2D eigenvalue weighted by Crippen LogP contribution is 2.28. The van der Waals surface area contributed by atoms with Crippen molar-refractivity contribution in [2.45, 2.75) is 6.92 Å². The molecule has 0 heterocycles. The van der Waals surface area contributed by atoms with Crippen molar-refractivity contribution in [3.8, 4) is 23.6 Å². The number of allylic oxidation sites excluding steroid dienone is 1. The quantitative estimate of drug-likeness (QED) is 0.687. The van der Waals surface area contributed by atoms with Gasteiger partial charge in [0.2, 0.25) is 0 Å². The molecule has 0 aromatic heterocycles. The Morgan fingerprint density at radius 1 is 1.18 bits per heavy atom. The van der Waals surface area contributed by atoms with E-state index in [9.17, 15) is 10.4 Å². The minimum atomic E-state index is 0.0656. The van der Waals surface area contributed by atoms with Crippen LogP contribution in [0.1, 0.15) is 23.6 Å². The summed E-state index contributed by atoms with van der Waals surface area (Å²) in [5, 5.41) is 27.8. The smallest absolute Gasteiger partial charge is 0.161 e. The standard InChI is InChI=1S/C18H14N2O2/c1-2-22-18-10-14(5-8-17(18)21)9-16(12-20)15-6-3-13(11-19)4-7-15/h3-10,21H,2H2,1H3/b16-9-. The molecule has 2 rings (SSSR count). The molecule has 0 bridgehead atoms. The van der Waals surface area contributed by atoms with Crippen molar-refractivity contribution in [3.05, 3.63) is 59.2 Å². The fourth-order valence-corrected chi connectivity index (χ4v) is 1.96. The minimum Gasteiger partial charge on any atom is -0.504 e. The van der Waals surface area contributed by atoms with Crippen molar-refractivity contribution in [1.82, 2.24) is 0 Å². The summed E-state index contributed by atoms with van der Waals surface area (Å²) in [5.41, 5.74) is 2.50. The van der Waals surface area contributed by atoms with Crippen LogP contribution in [0.15, 0.2) is 42.5 Å². The van der Waals surface area contributed by atoms with E-state index in [2.05, 4.69) is 6.07 Å². The van der Waals surface area contributed by atoms with Gasteiger partial charge in [0.05, 0.1) is 29.9 Å². The van der Waals surface area contributed by atoms with Crippen molar-refractivity contribution in [1.29, 1.82) is 10.5 Å². The third-order valence-electron chi connectivity index (χ3n) is 3.04. The Morgan fingerprint density at radius 2 is 1.91 bits per heavy atom. The molecular formula is C18H14N2O2. The zero-order chi connectivity index (χ0) is 15.9. The first-order chi connectivity index (χ1) is 10.7. The van der Waals surface area contributed by atoms with E-state index in [0.29, 0.717) is 23.5 Å². The molecule has 108 valence electrons. The SMILES string of the molecule is CCOc1cc(/C=C(/C#N)c2ccc(C#N)cc2)ccc1O. The minimum absolute atomic E-state index is 0.0656. The molecule has 4 heteroatoms. The molecule has 4 nitrogen and oxygen atoms in total. The van der Waals surface area contributed by atoms with Crippen molar-refractivity contribution >= 4 is 11.6 Å². The Labute approximate surface area is 129 Å². The number of hydrogen-bond donors (Lipinski definition) is 1. The van der Waals surface area contributed by atoms with Gasteiger partial charge in [-0.15, -0.1) is 0 Å². The lowest BCUT2D eigenvalue weighted by Gasteiger charge is -2.07. The lowest BCUT2D eigenvalue weighted by Crippen LogP contribution is -1.92. The third kappa shape index (κ3) is 3.45. The van der Waals surface area contributed by atoms with Crippen LogP contribution in [0.5, 0.6) is 11.5 Å². The van der Waals surface area contributed by atoms with Gasteiger partial charge in [-0.05, 0) is 48.4 Å². The van der Waals surface area contributed by atoms with E-state index < -0.39 is 0 Å². The fourth-order valence-electron chi connectivity index (χ4n) is 1.96. The van der Waals surface area contributed by atoms with E-state index in [1.807, 2.05) is 13.0 Å². The lowest BCUT2D eigenvalue weighted by atomic mass is 10.0. The molecule has 0 fully saturated rings. The molecule has 0 aliphatic carbocycles. The maximum Gasteiger partial charge on any atom is 0.161 e. The van der Waals surface area contributed by atoms with Crippen molar-refractivity contribution in [3.63, 3.8) is 0 Å². The molecular weight excluding hydrogens is 276 g/mol. The molecule has 0 saturated heterocycles. The second kappa shape index (κ2) is 6.97. The monoisotopic (exact) mass is 290 g/mol. The number of phenolic OH excluding ortho intramolecular Hbond substituents is 1. The van der Waals surface area contributed by atoms with E-state index in [4.69, 9.17) is 10.00 Å². The number of aromatic hydroxyl groups is 1. The van der Waals surface area contributed by atoms with Gasteiger partial charge in [-0.1, -0.05) is 18.2 Å². The highest BCUT2D eigenvalue weighted by Gasteiger charge is 2.05. The maximum absolute atomic E-state index is 9.69. The van der Waals surface area contributed by atoms with Gasteiger partial charge in [0, 0.05) is 0 Å². The normalized spacial score (nSPS) is 10.6. The first kappa shape index (κ1) is 15.2. The molecule has 2 aromatic rings. The average Bonchev–Trinajstić information content (AvgIpc) is 2.56. The number of hydrogen-bond acceptors (Lipinski definition) is 4. The molecule has 0 aliphatic heterocycles. The average molecular weight is 290 g/mol. The molecule has 0 saturated carbocycles. The molecule has 0 unspecified atom stereocenters. The summed E-state index contributed by atoms with van der Waals surface area (Å²) < 4.78 is 5.33. The summed E-state index contributed by atoms with van der Waals surface area (Å²) in [7, 11) is 0. The summed E-state index contributed by atoms with van der Waals surface area (Å²) in [6.45, 7) is 2.28. The van der Waals surface area contributed by atoms with Crippen molar-refractivity contribution in [2.75, 3.05) is 6.61 Å². The zero-order valence-corrected chi connectivity index (χ0v) is 12.1. The molecule has 1 N–H and O–H groups in total. The molecule has 0 spiro atoms. The van der Waals surface area contributed by atoms with Crippen LogP contribution in [0, 0.1) is 22.7 Å². The molecule has 2 aromatic carbocycles. The number of benzene rings is 2. The van der Waals surface area contributed by atoms with Gasteiger partial charge < -0.3 is 9.84 Å². The largest absolute Gasteiger partial charge is 0.504 e. The molecule has 0 aliphatic rings. The van der Waals surface area contributed by atoms with Crippen LogP contribution < -0.4 is 4.74 Å². The first-order valence-corrected chi connectivity index (χ1v) is 6.76. The number of phenols is 1. The van der Waals surface area contributed by atoms with Crippen LogP contribution >= 0.6 is 0 Å². The second-order valence-corrected chi connectivity index (χ2v) is 4.52. The lowest BCUT2D eigenvalue weighted by molar-refractivity contribution is 0.318. The van der Waals surface area contributed by atoms with E-state index >= 15 is 0 Å². The second-order valence-electron chi connectivity index (χ2n) is 4.52. The Hall–Kier alpha value is -3.24. The Balaban J connectivity index is 2.38. The van der Waals surface area contributed by atoms with E-state index in [0.717, 1.165) is 11.1 Å². The van der Waals surface area contributed by atoms with Gasteiger partial charge in [-0.2, -0.15) is 10.5 Å². The van der Waals surface area contributed by atoms with Crippen LogP contribution in [0.3, 0.4) is 0 Å². The molecule has 0 radical (unpaired) electrons. The summed E-state index contributed by atoms with van der Waals surface area (Å²) in [6, 6.07) is 15.9. The predicted octanol–water partition coefficient (Wildman–Crippen LogP) is 3.73. The Bertz CT molecular complexity index is 778. The van der Waals surface area contributed by atoms with Crippen LogP contribution in [-0.2, 0) is 0 Å². The van der Waals surface area contributed by atoms with Crippen LogP contribution in [0.4, 0.5) is 0 Å². The van der Waals surface area contributed by atoms with Gasteiger partial charge in [0.25, 0.3) is 0 Å². The Morgan fingerprint density at radius 3 is 2.50 bits per heavy atom. The Kier molecular flexibility index (Phi) is 4.80. The van der Waals surface area contributed by atoms with Gasteiger partial charge in [-0.25, -0.2) is 0 Å². The first-order valence-electron chi connectivity index (χ1n) is 6.76. The zero-order valence-electron chi connectivity index (χ0n) is 12.1. The van der Waals surface area contributed by atoms with E-state index in [1.165, 1.54) is 6.07 Å². The topological polar surface area (TPSA) is 77.0 Å². The van der Waals surface area contributed by atoms with Gasteiger partial charge >= 0.3 is 0 Å². The van der Waals surface area contributed by atoms with Crippen LogP contribution in [-0.4, -0.2) is 11.7 Å². The molecule has 22 heavy (non-hydrogen) atoms. The van der Waals surface area contributed by atoms with Crippen LogP contribution in [0.2, 0.25) is 0 Å². The fraction of sp³-hybridized carbons (Fsp3) is 0.111. The number of nitrogens with zero attached hydrogens (tertiary/aromatic N) is 2. The molecule has 0 amide bonds.